The van der Waals surface area contributed by atoms with Gasteiger partial charge in [0.15, 0.2) is 9.84 Å². The second-order valence-corrected chi connectivity index (χ2v) is 11.4. The van der Waals surface area contributed by atoms with E-state index in [0.717, 1.165) is 25.7 Å². The predicted molar refractivity (Wildman–Crippen MR) is 110 cm³/mol. The first-order valence-corrected chi connectivity index (χ1v) is 13.2. The Hall–Kier alpha value is -1.65. The molecule has 10 heteroatoms. The number of sulfone groups is 1. The van der Waals surface area contributed by atoms with Crippen molar-refractivity contribution in [1.29, 1.82) is 0 Å². The van der Waals surface area contributed by atoms with Gasteiger partial charge in [0.25, 0.3) is 0 Å². The molecule has 1 saturated carbocycles. The van der Waals surface area contributed by atoms with Crippen LogP contribution in [0.2, 0.25) is 0 Å². The average molecular weight is 445 g/mol. The Morgan fingerprint density at radius 2 is 1.79 bits per heavy atom. The normalized spacial score (nSPS) is 22.3. The number of carbonyl (C=O) groups is 1. The number of carbonyl (C=O) groups excluding carboxylic acids is 1. The topological polar surface area (TPSA) is 110 Å². The summed E-state index contributed by atoms with van der Waals surface area (Å²) in [6.45, 7) is -0.194. The molecule has 2 fully saturated rings. The van der Waals surface area contributed by atoms with Crippen LogP contribution in [0.15, 0.2) is 30.3 Å². The fourth-order valence-corrected chi connectivity index (χ4v) is 6.48. The molecule has 8 nitrogen and oxygen atoms in total. The summed E-state index contributed by atoms with van der Waals surface area (Å²) in [6, 6.07) is 7.83. The van der Waals surface area contributed by atoms with E-state index in [2.05, 4.69) is 4.72 Å². The van der Waals surface area contributed by atoms with Gasteiger partial charge in [-0.2, -0.15) is 8.42 Å². The molecule has 1 saturated heterocycles. The molecular weight excluding hydrogens is 416 g/mol. The van der Waals surface area contributed by atoms with E-state index in [1.807, 2.05) is 0 Å². The highest BCUT2D eigenvalue weighted by atomic mass is 32.2. The molecule has 1 aliphatic heterocycles. The number of hydrogen-bond donors (Lipinski definition) is 1. The molecule has 1 heterocycles. The highest BCUT2D eigenvalue weighted by molar-refractivity contribution is 7.91. The predicted octanol–water partition coefficient (Wildman–Crippen LogP) is 1.96. The van der Waals surface area contributed by atoms with Crippen molar-refractivity contribution in [2.45, 2.75) is 44.6 Å². The van der Waals surface area contributed by atoms with Crippen molar-refractivity contribution >= 4 is 31.7 Å². The first-order chi connectivity index (χ1) is 13.7. The van der Waals surface area contributed by atoms with Crippen molar-refractivity contribution in [2.24, 2.45) is 5.92 Å². The minimum atomic E-state index is -4.16. The number of para-hydroxylation sites is 1. The summed E-state index contributed by atoms with van der Waals surface area (Å²) in [6.07, 6.45) is 5.75. The third-order valence-electron chi connectivity index (χ3n) is 5.50. The summed E-state index contributed by atoms with van der Waals surface area (Å²) >= 11 is 0. The van der Waals surface area contributed by atoms with E-state index in [1.54, 1.807) is 35.2 Å². The molecule has 162 valence electrons. The quantitative estimate of drug-likeness (QED) is 0.656. The number of rotatable bonds is 8. The van der Waals surface area contributed by atoms with E-state index < -0.39 is 38.7 Å². The lowest BCUT2D eigenvalue weighted by atomic mass is 9.88. The fraction of sp³-hybridized carbons (Fsp3) is 0.632. The van der Waals surface area contributed by atoms with Gasteiger partial charge in [-0.3, -0.25) is 9.52 Å². The number of benzene rings is 1. The Labute approximate surface area is 172 Å². The van der Waals surface area contributed by atoms with Gasteiger partial charge in [-0.05, 0) is 37.3 Å². The van der Waals surface area contributed by atoms with Crippen molar-refractivity contribution in [2.75, 3.05) is 29.4 Å². The molecule has 1 aromatic rings. The summed E-state index contributed by atoms with van der Waals surface area (Å²) in [5.41, 5.74) is 0.334. The minimum Gasteiger partial charge on any atom is -0.336 e. The number of anilines is 1. The van der Waals surface area contributed by atoms with Crippen LogP contribution in [0.1, 0.15) is 38.5 Å². The second kappa shape index (κ2) is 9.44. The summed E-state index contributed by atoms with van der Waals surface area (Å²) in [7, 11) is -7.32. The van der Waals surface area contributed by atoms with E-state index >= 15 is 0 Å². The zero-order valence-electron chi connectivity index (χ0n) is 16.3. The monoisotopic (exact) mass is 444 g/mol. The Balaban J connectivity index is 1.63. The molecule has 1 unspecified atom stereocenters. The molecule has 0 bridgehead atoms. The second-order valence-electron chi connectivity index (χ2n) is 7.79. The number of nitrogens with zero attached hydrogens (tertiary/aromatic N) is 1. The zero-order chi connectivity index (χ0) is 20.9. The van der Waals surface area contributed by atoms with Gasteiger partial charge in [0.2, 0.25) is 5.91 Å². The van der Waals surface area contributed by atoms with Crippen molar-refractivity contribution in [3.05, 3.63) is 30.3 Å². The van der Waals surface area contributed by atoms with Gasteiger partial charge in [0, 0.05) is 12.6 Å². The maximum absolute atomic E-state index is 12.8. The van der Waals surface area contributed by atoms with Gasteiger partial charge in [-0.1, -0.05) is 37.5 Å². The zero-order valence-corrected chi connectivity index (χ0v) is 18.0. The van der Waals surface area contributed by atoms with E-state index in [4.69, 9.17) is 4.18 Å². The van der Waals surface area contributed by atoms with E-state index in [1.165, 1.54) is 6.42 Å². The van der Waals surface area contributed by atoms with Gasteiger partial charge in [-0.15, -0.1) is 0 Å². The average Bonchev–Trinajstić information content (AvgIpc) is 3.05. The molecule has 3 rings (SSSR count). The maximum Gasteiger partial charge on any atom is 0.360 e. The van der Waals surface area contributed by atoms with Crippen LogP contribution in [0.5, 0.6) is 0 Å². The SMILES string of the molecule is O=C(COS(=O)(=O)Nc1ccccc1)N(CC1CCCCC1)C1CCS(=O)(=O)C1. The van der Waals surface area contributed by atoms with Gasteiger partial charge in [0.1, 0.15) is 6.61 Å². The van der Waals surface area contributed by atoms with Crippen LogP contribution in [0.25, 0.3) is 0 Å². The number of amides is 1. The standard InChI is InChI=1S/C19H28N2O6S2/c22-19(14-27-29(25,26)20-17-9-5-2-6-10-17)21(13-16-7-3-1-4-8-16)18-11-12-28(23,24)15-18/h2,5-6,9-10,16,18,20H,1,3-4,7-8,11-15H2. The number of nitrogens with one attached hydrogen (secondary N) is 1. The Kier molecular flexibility index (Phi) is 7.18. The van der Waals surface area contributed by atoms with Crippen molar-refractivity contribution in [1.82, 2.24) is 4.90 Å². The maximum atomic E-state index is 12.8. The van der Waals surface area contributed by atoms with Crippen LogP contribution >= 0.6 is 0 Å². The Bertz CT molecular complexity index is 896. The van der Waals surface area contributed by atoms with Crippen LogP contribution in [-0.4, -0.2) is 58.3 Å². The molecule has 1 aliphatic carbocycles. The molecule has 0 spiro atoms. The van der Waals surface area contributed by atoms with Crippen LogP contribution in [0.3, 0.4) is 0 Å². The molecular formula is C19H28N2O6S2. The molecule has 1 aromatic carbocycles. The lowest BCUT2D eigenvalue weighted by molar-refractivity contribution is -0.136. The summed E-state index contributed by atoms with van der Waals surface area (Å²) in [5.74, 6) is -0.187. The highest BCUT2D eigenvalue weighted by Gasteiger charge is 2.36. The van der Waals surface area contributed by atoms with Gasteiger partial charge >= 0.3 is 10.3 Å². The third-order valence-corrected chi connectivity index (χ3v) is 8.17. The van der Waals surface area contributed by atoms with Crippen LogP contribution in [0, 0.1) is 5.92 Å². The third kappa shape index (κ3) is 6.68. The highest BCUT2D eigenvalue weighted by Crippen LogP contribution is 2.27. The molecule has 1 N–H and O–H groups in total. The van der Waals surface area contributed by atoms with Crippen LogP contribution in [-0.2, 0) is 29.1 Å². The summed E-state index contributed by atoms with van der Waals surface area (Å²) < 4.78 is 55.3. The van der Waals surface area contributed by atoms with Crippen LogP contribution in [0.4, 0.5) is 5.69 Å². The Morgan fingerprint density at radius 1 is 1.10 bits per heavy atom. The minimum absolute atomic E-state index is 0.0564. The molecule has 2 aliphatic rings. The molecule has 1 amide bonds. The molecule has 0 aromatic heterocycles. The Morgan fingerprint density at radius 3 is 2.41 bits per heavy atom. The molecule has 29 heavy (non-hydrogen) atoms. The van der Waals surface area contributed by atoms with E-state index in [-0.39, 0.29) is 11.5 Å². The van der Waals surface area contributed by atoms with Crippen molar-refractivity contribution in [3.63, 3.8) is 0 Å². The fourth-order valence-electron chi connectivity index (χ4n) is 4.01. The smallest absolute Gasteiger partial charge is 0.336 e. The lowest BCUT2D eigenvalue weighted by Gasteiger charge is -2.33. The van der Waals surface area contributed by atoms with Gasteiger partial charge in [-0.25, -0.2) is 12.6 Å². The largest absolute Gasteiger partial charge is 0.360 e. The lowest BCUT2D eigenvalue weighted by Crippen LogP contribution is -2.46. The van der Waals surface area contributed by atoms with E-state index in [0.29, 0.717) is 24.6 Å². The summed E-state index contributed by atoms with van der Waals surface area (Å²) in [4.78, 5) is 14.4. The van der Waals surface area contributed by atoms with Gasteiger partial charge < -0.3 is 4.90 Å². The first kappa shape index (κ1) is 22.0. The number of hydrogen-bond acceptors (Lipinski definition) is 6. The molecule has 1 atom stereocenters. The van der Waals surface area contributed by atoms with Crippen molar-refractivity contribution in [3.8, 4) is 0 Å². The van der Waals surface area contributed by atoms with E-state index in [9.17, 15) is 21.6 Å². The first-order valence-electron chi connectivity index (χ1n) is 9.96. The van der Waals surface area contributed by atoms with Crippen LogP contribution < -0.4 is 4.72 Å². The molecule has 0 radical (unpaired) electrons. The summed E-state index contributed by atoms with van der Waals surface area (Å²) in [5, 5.41) is 0. The van der Waals surface area contributed by atoms with Crippen molar-refractivity contribution < 1.29 is 25.8 Å². The van der Waals surface area contributed by atoms with Gasteiger partial charge in [0.05, 0.1) is 17.2 Å².